The zero-order valence-electron chi connectivity index (χ0n) is 8.36. The SMILES string of the molecule is CC1CCC(C)N1Cc1ccco1. The molecule has 2 heteroatoms. The Labute approximate surface area is 79.5 Å². The lowest BCUT2D eigenvalue weighted by molar-refractivity contribution is 0.189. The molecule has 13 heavy (non-hydrogen) atoms. The standard InChI is InChI=1S/C11H17NO/c1-9-5-6-10(2)12(9)8-11-4-3-7-13-11/h3-4,7,9-10H,5-6,8H2,1-2H3. The van der Waals surface area contributed by atoms with Gasteiger partial charge >= 0.3 is 0 Å². The Morgan fingerprint density at radius 2 is 2.08 bits per heavy atom. The molecule has 72 valence electrons. The van der Waals surface area contributed by atoms with Crippen molar-refractivity contribution in [1.29, 1.82) is 0 Å². The van der Waals surface area contributed by atoms with Crippen LogP contribution in [0.15, 0.2) is 22.8 Å². The summed E-state index contributed by atoms with van der Waals surface area (Å²) in [5, 5.41) is 0. The summed E-state index contributed by atoms with van der Waals surface area (Å²) in [7, 11) is 0. The van der Waals surface area contributed by atoms with Crippen LogP contribution in [0.3, 0.4) is 0 Å². The second-order valence-electron chi connectivity index (χ2n) is 4.03. The summed E-state index contributed by atoms with van der Waals surface area (Å²) >= 11 is 0. The zero-order chi connectivity index (χ0) is 9.26. The van der Waals surface area contributed by atoms with Crippen LogP contribution in [0.4, 0.5) is 0 Å². The van der Waals surface area contributed by atoms with Crippen LogP contribution < -0.4 is 0 Å². The average molecular weight is 179 g/mol. The van der Waals surface area contributed by atoms with Crippen LogP contribution in [0.2, 0.25) is 0 Å². The van der Waals surface area contributed by atoms with Crippen LogP contribution >= 0.6 is 0 Å². The first-order valence-electron chi connectivity index (χ1n) is 5.05. The molecule has 1 saturated heterocycles. The first-order valence-corrected chi connectivity index (χ1v) is 5.05. The quantitative estimate of drug-likeness (QED) is 0.694. The molecule has 1 aromatic heterocycles. The molecule has 0 radical (unpaired) electrons. The molecule has 0 aliphatic carbocycles. The molecular formula is C11H17NO. The molecule has 2 rings (SSSR count). The summed E-state index contributed by atoms with van der Waals surface area (Å²) in [5.74, 6) is 1.08. The third kappa shape index (κ3) is 1.78. The number of hydrogen-bond donors (Lipinski definition) is 0. The van der Waals surface area contributed by atoms with E-state index in [2.05, 4.69) is 24.8 Å². The van der Waals surface area contributed by atoms with Crippen molar-refractivity contribution < 1.29 is 4.42 Å². The van der Waals surface area contributed by atoms with Crippen molar-refractivity contribution in [3.8, 4) is 0 Å². The molecule has 0 aromatic carbocycles. The van der Waals surface area contributed by atoms with E-state index in [0.29, 0.717) is 12.1 Å². The zero-order valence-corrected chi connectivity index (χ0v) is 8.36. The average Bonchev–Trinajstić information content (AvgIpc) is 2.70. The fourth-order valence-electron chi connectivity index (χ4n) is 2.14. The molecule has 0 bridgehead atoms. The van der Waals surface area contributed by atoms with Crippen molar-refractivity contribution in [2.45, 2.75) is 45.3 Å². The Kier molecular flexibility index (Phi) is 2.40. The minimum Gasteiger partial charge on any atom is -0.468 e. The second-order valence-corrected chi connectivity index (χ2v) is 4.03. The number of rotatable bonds is 2. The van der Waals surface area contributed by atoms with Crippen molar-refractivity contribution in [2.75, 3.05) is 0 Å². The van der Waals surface area contributed by atoms with Gasteiger partial charge in [-0.3, -0.25) is 4.90 Å². The Hall–Kier alpha value is -0.760. The largest absolute Gasteiger partial charge is 0.468 e. The fourth-order valence-corrected chi connectivity index (χ4v) is 2.14. The van der Waals surface area contributed by atoms with Gasteiger partial charge in [0, 0.05) is 12.1 Å². The Morgan fingerprint density at radius 3 is 2.62 bits per heavy atom. The highest BCUT2D eigenvalue weighted by Crippen LogP contribution is 2.25. The van der Waals surface area contributed by atoms with Gasteiger partial charge in [-0.15, -0.1) is 0 Å². The first-order chi connectivity index (χ1) is 6.27. The first kappa shape index (κ1) is 8.82. The lowest BCUT2D eigenvalue weighted by atomic mass is 10.2. The number of nitrogens with zero attached hydrogens (tertiary/aromatic N) is 1. The van der Waals surface area contributed by atoms with Crippen LogP contribution in [0, 0.1) is 0 Å². The molecule has 0 N–H and O–H groups in total. The molecule has 2 nitrogen and oxygen atoms in total. The molecule has 1 aromatic rings. The van der Waals surface area contributed by atoms with E-state index in [1.165, 1.54) is 12.8 Å². The van der Waals surface area contributed by atoms with E-state index in [0.717, 1.165) is 12.3 Å². The molecule has 0 amide bonds. The fraction of sp³-hybridized carbons (Fsp3) is 0.636. The lowest BCUT2D eigenvalue weighted by Gasteiger charge is -2.24. The van der Waals surface area contributed by atoms with Crippen LogP contribution in [-0.2, 0) is 6.54 Å². The van der Waals surface area contributed by atoms with Gasteiger partial charge in [-0.25, -0.2) is 0 Å². The molecule has 0 spiro atoms. The lowest BCUT2D eigenvalue weighted by Crippen LogP contribution is -2.31. The topological polar surface area (TPSA) is 16.4 Å². The van der Waals surface area contributed by atoms with Gasteiger partial charge < -0.3 is 4.42 Å². The predicted molar refractivity (Wildman–Crippen MR) is 52.4 cm³/mol. The van der Waals surface area contributed by atoms with Crippen molar-refractivity contribution in [2.24, 2.45) is 0 Å². The van der Waals surface area contributed by atoms with Gasteiger partial charge in [0.2, 0.25) is 0 Å². The Morgan fingerprint density at radius 1 is 1.38 bits per heavy atom. The van der Waals surface area contributed by atoms with Crippen molar-refractivity contribution >= 4 is 0 Å². The van der Waals surface area contributed by atoms with Crippen LogP contribution in [-0.4, -0.2) is 17.0 Å². The van der Waals surface area contributed by atoms with Gasteiger partial charge in [0.25, 0.3) is 0 Å². The van der Waals surface area contributed by atoms with E-state index in [9.17, 15) is 0 Å². The number of hydrogen-bond acceptors (Lipinski definition) is 2. The minimum absolute atomic E-state index is 0.708. The molecule has 2 heterocycles. The van der Waals surface area contributed by atoms with E-state index < -0.39 is 0 Å². The Balaban J connectivity index is 2.01. The van der Waals surface area contributed by atoms with E-state index in [1.54, 1.807) is 6.26 Å². The van der Waals surface area contributed by atoms with Crippen molar-refractivity contribution in [1.82, 2.24) is 4.90 Å². The van der Waals surface area contributed by atoms with Gasteiger partial charge in [-0.1, -0.05) is 0 Å². The van der Waals surface area contributed by atoms with Gasteiger partial charge in [0.15, 0.2) is 0 Å². The maximum Gasteiger partial charge on any atom is 0.117 e. The summed E-state index contributed by atoms with van der Waals surface area (Å²) in [5.41, 5.74) is 0. The smallest absolute Gasteiger partial charge is 0.117 e. The molecule has 0 saturated carbocycles. The normalized spacial score (nSPS) is 29.7. The number of furan rings is 1. The highest BCUT2D eigenvalue weighted by molar-refractivity contribution is 4.99. The third-order valence-corrected chi connectivity index (χ3v) is 3.05. The molecular weight excluding hydrogens is 162 g/mol. The van der Waals surface area contributed by atoms with Crippen molar-refractivity contribution in [3.63, 3.8) is 0 Å². The second kappa shape index (κ2) is 3.54. The van der Waals surface area contributed by atoms with Gasteiger partial charge in [-0.2, -0.15) is 0 Å². The molecule has 2 atom stereocenters. The van der Waals surface area contributed by atoms with E-state index in [1.807, 2.05) is 6.07 Å². The van der Waals surface area contributed by atoms with Crippen LogP contribution in [0.1, 0.15) is 32.4 Å². The molecule has 2 unspecified atom stereocenters. The molecule has 1 aliphatic rings. The summed E-state index contributed by atoms with van der Waals surface area (Å²) < 4.78 is 5.35. The summed E-state index contributed by atoms with van der Waals surface area (Å²) in [4.78, 5) is 2.51. The highest BCUT2D eigenvalue weighted by Gasteiger charge is 2.27. The monoisotopic (exact) mass is 179 g/mol. The van der Waals surface area contributed by atoms with Gasteiger partial charge in [0.1, 0.15) is 5.76 Å². The van der Waals surface area contributed by atoms with E-state index >= 15 is 0 Å². The highest BCUT2D eigenvalue weighted by atomic mass is 16.3. The predicted octanol–water partition coefficient (Wildman–Crippen LogP) is 2.65. The maximum atomic E-state index is 5.35. The van der Waals surface area contributed by atoms with E-state index in [4.69, 9.17) is 4.42 Å². The third-order valence-electron chi connectivity index (χ3n) is 3.05. The molecule has 1 fully saturated rings. The maximum absolute atomic E-state index is 5.35. The van der Waals surface area contributed by atoms with Gasteiger partial charge in [-0.05, 0) is 38.8 Å². The van der Waals surface area contributed by atoms with Crippen LogP contribution in [0.25, 0.3) is 0 Å². The number of likely N-dealkylation sites (tertiary alicyclic amines) is 1. The van der Waals surface area contributed by atoms with Crippen LogP contribution in [0.5, 0.6) is 0 Å². The summed E-state index contributed by atoms with van der Waals surface area (Å²) in [6.07, 6.45) is 4.39. The summed E-state index contributed by atoms with van der Waals surface area (Å²) in [6.45, 7) is 5.56. The van der Waals surface area contributed by atoms with Gasteiger partial charge in [0.05, 0.1) is 12.8 Å². The van der Waals surface area contributed by atoms with Crippen molar-refractivity contribution in [3.05, 3.63) is 24.2 Å². The van der Waals surface area contributed by atoms with E-state index in [-0.39, 0.29) is 0 Å². The summed E-state index contributed by atoms with van der Waals surface area (Å²) in [6, 6.07) is 5.43. The minimum atomic E-state index is 0.708. The Bertz CT molecular complexity index is 245. The molecule has 1 aliphatic heterocycles.